The molecule has 7 heteroatoms. The van der Waals surface area contributed by atoms with Crippen molar-refractivity contribution in [1.82, 2.24) is 4.90 Å². The number of para-hydroxylation sites is 1. The molecule has 0 bridgehead atoms. The van der Waals surface area contributed by atoms with Crippen molar-refractivity contribution in [2.75, 3.05) is 48.2 Å². The van der Waals surface area contributed by atoms with Crippen molar-refractivity contribution >= 4 is 27.3 Å². The van der Waals surface area contributed by atoms with Gasteiger partial charge >= 0.3 is 0 Å². The Balaban J connectivity index is 1.66. The van der Waals surface area contributed by atoms with Gasteiger partial charge in [0.1, 0.15) is 0 Å². The highest BCUT2D eigenvalue weighted by Crippen LogP contribution is 2.20. The Morgan fingerprint density at radius 2 is 1.64 bits per heavy atom. The summed E-state index contributed by atoms with van der Waals surface area (Å²) >= 11 is 0. The predicted octanol–water partition coefficient (Wildman–Crippen LogP) is 2.60. The lowest BCUT2D eigenvalue weighted by Crippen LogP contribution is -2.48. The van der Waals surface area contributed by atoms with Crippen LogP contribution in [0.1, 0.15) is 10.4 Å². The quantitative estimate of drug-likeness (QED) is 0.701. The summed E-state index contributed by atoms with van der Waals surface area (Å²) in [5.41, 5.74) is 2.25. The molecular weight excluding hydrogens is 374 g/mol. The van der Waals surface area contributed by atoms with Gasteiger partial charge in [-0.05, 0) is 36.4 Å². The Morgan fingerprint density at radius 1 is 1.04 bits per heavy atom. The predicted molar refractivity (Wildman–Crippen MR) is 113 cm³/mol. The third kappa shape index (κ3) is 4.54. The molecule has 0 N–H and O–H groups in total. The maximum absolute atomic E-state index is 12.8. The number of nitrogens with zero attached hydrogens (tertiary/aromatic N) is 3. The van der Waals surface area contributed by atoms with Gasteiger partial charge in [-0.15, -0.1) is 6.58 Å². The Bertz CT molecular complexity index is 919. The fourth-order valence-electron chi connectivity index (χ4n) is 3.31. The first-order valence-electron chi connectivity index (χ1n) is 9.18. The summed E-state index contributed by atoms with van der Waals surface area (Å²) in [6, 6.07) is 16.9. The maximum atomic E-state index is 12.8. The summed E-state index contributed by atoms with van der Waals surface area (Å²) in [6.45, 7) is 6.67. The first kappa shape index (κ1) is 19.9. The molecule has 0 radical (unpaired) electrons. The van der Waals surface area contributed by atoms with Crippen LogP contribution in [0.4, 0.5) is 11.4 Å². The van der Waals surface area contributed by atoms with Gasteiger partial charge in [-0.3, -0.25) is 9.10 Å². The van der Waals surface area contributed by atoms with Crippen molar-refractivity contribution in [2.24, 2.45) is 0 Å². The minimum atomic E-state index is -3.40. The van der Waals surface area contributed by atoms with E-state index in [4.69, 9.17) is 0 Å². The topological polar surface area (TPSA) is 60.9 Å². The van der Waals surface area contributed by atoms with Crippen LogP contribution in [0.15, 0.2) is 67.3 Å². The van der Waals surface area contributed by atoms with E-state index in [9.17, 15) is 13.2 Å². The summed E-state index contributed by atoms with van der Waals surface area (Å²) in [7, 11) is -3.40. The largest absolute Gasteiger partial charge is 0.368 e. The van der Waals surface area contributed by atoms with Crippen molar-refractivity contribution < 1.29 is 13.2 Å². The molecular formula is C21H25N3O3S. The van der Waals surface area contributed by atoms with Crippen LogP contribution in [-0.4, -0.2) is 58.2 Å². The second-order valence-corrected chi connectivity index (χ2v) is 8.65. The van der Waals surface area contributed by atoms with E-state index in [0.717, 1.165) is 19.3 Å². The van der Waals surface area contributed by atoms with Gasteiger partial charge in [0.15, 0.2) is 0 Å². The molecule has 1 fully saturated rings. The first-order chi connectivity index (χ1) is 13.4. The molecule has 0 saturated carbocycles. The molecule has 2 aromatic carbocycles. The van der Waals surface area contributed by atoms with Crippen molar-refractivity contribution in [3.05, 3.63) is 72.8 Å². The summed E-state index contributed by atoms with van der Waals surface area (Å²) < 4.78 is 25.1. The average Bonchev–Trinajstić information content (AvgIpc) is 2.71. The van der Waals surface area contributed by atoms with Gasteiger partial charge in [0.05, 0.1) is 18.5 Å². The third-order valence-corrected chi connectivity index (χ3v) is 5.95. The van der Waals surface area contributed by atoms with Gasteiger partial charge in [-0.25, -0.2) is 8.42 Å². The van der Waals surface area contributed by atoms with E-state index in [1.165, 1.54) is 16.1 Å². The van der Waals surface area contributed by atoms with Crippen LogP contribution in [0, 0.1) is 0 Å². The fourth-order valence-corrected chi connectivity index (χ4v) is 4.19. The number of amides is 1. The third-order valence-electron chi connectivity index (χ3n) is 4.79. The minimum absolute atomic E-state index is 0.0334. The zero-order valence-corrected chi connectivity index (χ0v) is 16.8. The number of rotatable bonds is 6. The van der Waals surface area contributed by atoms with Crippen LogP contribution in [-0.2, 0) is 10.0 Å². The SMILES string of the molecule is C=CCN(c1ccc(C(=O)N2CCN(c3ccccc3)CC2)cc1)S(C)(=O)=O. The van der Waals surface area contributed by atoms with Crippen molar-refractivity contribution in [2.45, 2.75) is 0 Å². The molecule has 2 aromatic rings. The molecule has 0 aliphatic carbocycles. The number of anilines is 2. The molecule has 1 saturated heterocycles. The first-order valence-corrected chi connectivity index (χ1v) is 11.0. The lowest BCUT2D eigenvalue weighted by atomic mass is 10.1. The van der Waals surface area contributed by atoms with E-state index in [2.05, 4.69) is 23.6 Å². The lowest BCUT2D eigenvalue weighted by Gasteiger charge is -2.36. The van der Waals surface area contributed by atoms with E-state index in [-0.39, 0.29) is 12.5 Å². The number of hydrogen-bond donors (Lipinski definition) is 0. The van der Waals surface area contributed by atoms with Crippen LogP contribution in [0.2, 0.25) is 0 Å². The molecule has 0 spiro atoms. The second-order valence-electron chi connectivity index (χ2n) is 6.74. The Morgan fingerprint density at radius 3 is 2.18 bits per heavy atom. The summed E-state index contributed by atoms with van der Waals surface area (Å²) in [6.07, 6.45) is 2.69. The number of carbonyl (C=O) groups is 1. The van der Waals surface area contributed by atoms with Gasteiger partial charge in [0.25, 0.3) is 5.91 Å². The molecule has 148 valence electrons. The molecule has 1 aliphatic heterocycles. The van der Waals surface area contributed by atoms with Crippen LogP contribution in [0.25, 0.3) is 0 Å². The highest BCUT2D eigenvalue weighted by molar-refractivity contribution is 7.92. The van der Waals surface area contributed by atoms with Crippen LogP contribution in [0.5, 0.6) is 0 Å². The van der Waals surface area contributed by atoms with Gasteiger partial charge in [0, 0.05) is 37.4 Å². The van der Waals surface area contributed by atoms with Gasteiger partial charge in [0.2, 0.25) is 10.0 Å². The molecule has 0 aromatic heterocycles. The number of sulfonamides is 1. The Kier molecular flexibility index (Phi) is 6.04. The molecule has 3 rings (SSSR count). The zero-order chi connectivity index (χ0) is 20.1. The fraction of sp³-hybridized carbons (Fsp3) is 0.286. The maximum Gasteiger partial charge on any atom is 0.253 e. The van der Waals surface area contributed by atoms with Crippen molar-refractivity contribution in [3.63, 3.8) is 0 Å². The molecule has 0 atom stereocenters. The monoisotopic (exact) mass is 399 g/mol. The summed E-state index contributed by atoms with van der Waals surface area (Å²) in [5.74, 6) is -0.0334. The second kappa shape index (κ2) is 8.48. The van der Waals surface area contributed by atoms with Gasteiger partial charge in [-0.2, -0.15) is 0 Å². The van der Waals surface area contributed by atoms with E-state index >= 15 is 0 Å². The molecule has 1 aliphatic rings. The van der Waals surface area contributed by atoms with Crippen LogP contribution >= 0.6 is 0 Å². The van der Waals surface area contributed by atoms with E-state index < -0.39 is 10.0 Å². The highest BCUT2D eigenvalue weighted by atomic mass is 32.2. The Labute approximate surface area is 166 Å². The van der Waals surface area contributed by atoms with Crippen LogP contribution < -0.4 is 9.21 Å². The molecule has 0 unspecified atom stereocenters. The summed E-state index contributed by atoms with van der Waals surface area (Å²) in [4.78, 5) is 16.9. The molecule has 1 heterocycles. The normalized spacial score (nSPS) is 14.6. The lowest BCUT2D eigenvalue weighted by molar-refractivity contribution is 0.0747. The highest BCUT2D eigenvalue weighted by Gasteiger charge is 2.23. The average molecular weight is 400 g/mol. The number of carbonyl (C=O) groups excluding carboxylic acids is 1. The molecule has 6 nitrogen and oxygen atoms in total. The van der Waals surface area contributed by atoms with E-state index in [0.29, 0.717) is 24.3 Å². The van der Waals surface area contributed by atoms with E-state index in [1.54, 1.807) is 24.3 Å². The Hall–Kier alpha value is -2.80. The standard InChI is InChI=1S/C21H25N3O3S/c1-3-13-24(28(2,26)27)20-11-9-18(10-12-20)21(25)23-16-14-22(15-17-23)19-7-5-4-6-8-19/h3-12H,1,13-17H2,2H3. The molecule has 28 heavy (non-hydrogen) atoms. The van der Waals surface area contributed by atoms with Crippen molar-refractivity contribution in [3.8, 4) is 0 Å². The minimum Gasteiger partial charge on any atom is -0.368 e. The van der Waals surface area contributed by atoms with Crippen LogP contribution in [0.3, 0.4) is 0 Å². The van der Waals surface area contributed by atoms with Gasteiger partial charge in [-0.1, -0.05) is 24.3 Å². The smallest absolute Gasteiger partial charge is 0.253 e. The zero-order valence-electron chi connectivity index (χ0n) is 16.0. The van der Waals surface area contributed by atoms with E-state index in [1.807, 2.05) is 23.1 Å². The number of benzene rings is 2. The van der Waals surface area contributed by atoms with Crippen molar-refractivity contribution in [1.29, 1.82) is 0 Å². The number of hydrogen-bond acceptors (Lipinski definition) is 4. The number of piperazine rings is 1. The van der Waals surface area contributed by atoms with Gasteiger partial charge < -0.3 is 9.80 Å². The summed E-state index contributed by atoms with van der Waals surface area (Å²) in [5, 5.41) is 0. The molecule has 1 amide bonds.